The van der Waals surface area contributed by atoms with E-state index in [1.807, 2.05) is 0 Å². The van der Waals surface area contributed by atoms with Crippen LogP contribution in [0.5, 0.6) is 0 Å². The average molecular weight is 278 g/mol. The van der Waals surface area contributed by atoms with Crippen molar-refractivity contribution in [2.24, 2.45) is 0 Å². The van der Waals surface area contributed by atoms with Crippen LogP contribution in [0.2, 0.25) is 0 Å². The van der Waals surface area contributed by atoms with E-state index in [-0.39, 0.29) is 0 Å². The molecule has 0 radical (unpaired) electrons. The smallest absolute Gasteiger partial charge is 0.201 e. The van der Waals surface area contributed by atoms with Crippen molar-refractivity contribution in [2.45, 2.75) is 24.7 Å². The van der Waals surface area contributed by atoms with Gasteiger partial charge in [0.15, 0.2) is 0 Å². The summed E-state index contributed by atoms with van der Waals surface area (Å²) in [5.74, 6) is -4.25. The number of benzene rings is 1. The van der Waals surface area contributed by atoms with Gasteiger partial charge >= 0.3 is 12.4 Å². The molecule has 1 rings (SSSR count). The van der Waals surface area contributed by atoms with Crippen LogP contribution < -0.4 is 0 Å². The molecule has 0 amide bonds. The first-order valence-electron chi connectivity index (χ1n) is 4.54. The number of alkyl halides is 8. The molecule has 1 aromatic carbocycles. The van der Waals surface area contributed by atoms with Crippen LogP contribution in [-0.2, 0) is 12.1 Å². The second-order valence-corrected chi connectivity index (χ2v) is 3.57. The van der Waals surface area contributed by atoms with Crippen molar-refractivity contribution < 1.29 is 35.1 Å². The zero-order valence-electron chi connectivity index (χ0n) is 8.54. The van der Waals surface area contributed by atoms with Crippen LogP contribution in [0, 0.1) is 0 Å². The van der Waals surface area contributed by atoms with Crippen molar-refractivity contribution >= 4 is 0 Å². The van der Waals surface area contributed by atoms with Gasteiger partial charge < -0.3 is 0 Å². The van der Waals surface area contributed by atoms with Gasteiger partial charge in [-0.3, -0.25) is 0 Å². The van der Waals surface area contributed by atoms with Gasteiger partial charge in [-0.05, 0) is 12.1 Å². The Balaban J connectivity index is 2.98. The quantitative estimate of drug-likeness (QED) is 0.685. The molecule has 0 aromatic heterocycles. The van der Waals surface area contributed by atoms with Crippen LogP contribution in [0.1, 0.15) is 17.5 Å². The van der Waals surface area contributed by atoms with Gasteiger partial charge in [-0.1, -0.05) is 12.1 Å². The number of rotatable bonds is 2. The molecule has 0 aliphatic heterocycles. The van der Waals surface area contributed by atoms with Gasteiger partial charge in [0.2, 0.25) is 0 Å². The Morgan fingerprint density at radius 2 is 1.06 bits per heavy atom. The van der Waals surface area contributed by atoms with Crippen molar-refractivity contribution in [2.75, 3.05) is 0 Å². The molecular formula is C10H6F8. The lowest BCUT2D eigenvalue weighted by molar-refractivity contribution is -0.191. The molecule has 0 spiro atoms. The average Bonchev–Trinajstić information content (AvgIpc) is 2.13. The van der Waals surface area contributed by atoms with Gasteiger partial charge in [0.25, 0.3) is 5.92 Å². The lowest BCUT2D eigenvalue weighted by Crippen LogP contribution is -2.23. The third kappa shape index (κ3) is 3.85. The van der Waals surface area contributed by atoms with Crippen LogP contribution in [0.25, 0.3) is 0 Å². The highest BCUT2D eigenvalue weighted by molar-refractivity contribution is 5.27. The minimum atomic E-state index is -5.10. The fourth-order valence-corrected chi connectivity index (χ4v) is 1.26. The third-order valence-corrected chi connectivity index (χ3v) is 2.06. The van der Waals surface area contributed by atoms with Crippen molar-refractivity contribution in [3.63, 3.8) is 0 Å². The van der Waals surface area contributed by atoms with E-state index in [2.05, 4.69) is 0 Å². The van der Waals surface area contributed by atoms with E-state index in [1.165, 1.54) is 0 Å². The molecule has 0 bridgehead atoms. The highest BCUT2D eigenvalue weighted by Crippen LogP contribution is 2.40. The first-order chi connectivity index (χ1) is 7.92. The molecule has 0 saturated heterocycles. The monoisotopic (exact) mass is 278 g/mol. The topological polar surface area (TPSA) is 0 Å². The summed E-state index contributed by atoms with van der Waals surface area (Å²) in [6, 6.07) is 1.32. The molecule has 1 aromatic rings. The lowest BCUT2D eigenvalue weighted by atomic mass is 10.0. The lowest BCUT2D eigenvalue weighted by Gasteiger charge is -2.19. The Labute approximate surface area is 96.2 Å². The minimum absolute atomic E-state index is 0.319. The maximum absolute atomic E-state index is 13.1. The molecule has 0 unspecified atom stereocenters. The van der Waals surface area contributed by atoms with Crippen LogP contribution in [0.4, 0.5) is 35.1 Å². The summed E-state index contributed by atoms with van der Waals surface area (Å²) in [6.45, 7) is 0. The molecule has 0 saturated carbocycles. The van der Waals surface area contributed by atoms with Crippen molar-refractivity contribution in [1.29, 1.82) is 0 Å². The molecular weight excluding hydrogens is 272 g/mol. The minimum Gasteiger partial charge on any atom is -0.201 e. The van der Waals surface area contributed by atoms with Gasteiger partial charge in [-0.25, -0.2) is 8.78 Å². The third-order valence-electron chi connectivity index (χ3n) is 2.06. The Hall–Kier alpha value is -1.34. The Bertz CT molecular complexity index is 397. The SMILES string of the molecule is FC(F)(F)CC(F)(F)c1ccc(C(F)(F)F)cc1. The van der Waals surface area contributed by atoms with E-state index in [4.69, 9.17) is 0 Å². The number of hydrogen-bond donors (Lipinski definition) is 0. The second-order valence-electron chi connectivity index (χ2n) is 3.57. The van der Waals surface area contributed by atoms with E-state index < -0.39 is 35.8 Å². The Kier molecular flexibility index (Phi) is 3.60. The zero-order valence-corrected chi connectivity index (χ0v) is 8.54. The van der Waals surface area contributed by atoms with Gasteiger partial charge in [-0.15, -0.1) is 0 Å². The summed E-state index contributed by atoms with van der Waals surface area (Å²) < 4.78 is 98.1. The number of hydrogen-bond acceptors (Lipinski definition) is 0. The van der Waals surface area contributed by atoms with Crippen molar-refractivity contribution in [1.82, 2.24) is 0 Å². The van der Waals surface area contributed by atoms with Gasteiger partial charge in [-0.2, -0.15) is 26.3 Å². The predicted octanol–water partition coefficient (Wildman–Crippen LogP) is 4.75. The molecule has 0 N–H and O–H groups in total. The molecule has 0 fully saturated rings. The highest BCUT2D eigenvalue weighted by atomic mass is 19.4. The van der Waals surface area contributed by atoms with Gasteiger partial charge in [0, 0.05) is 5.56 Å². The maximum atomic E-state index is 13.1. The Morgan fingerprint density at radius 1 is 0.667 bits per heavy atom. The van der Waals surface area contributed by atoms with E-state index in [1.54, 1.807) is 0 Å². The molecule has 0 heterocycles. The largest absolute Gasteiger partial charge is 0.416 e. The van der Waals surface area contributed by atoms with E-state index in [0.717, 1.165) is 0 Å². The van der Waals surface area contributed by atoms with E-state index in [0.29, 0.717) is 24.3 Å². The van der Waals surface area contributed by atoms with Gasteiger partial charge in [0.05, 0.1) is 5.56 Å². The maximum Gasteiger partial charge on any atom is 0.416 e. The Morgan fingerprint density at radius 3 is 1.39 bits per heavy atom. The van der Waals surface area contributed by atoms with Crippen molar-refractivity contribution in [3.8, 4) is 0 Å². The molecule has 102 valence electrons. The number of halogens is 8. The normalized spacial score (nSPS) is 13.8. The summed E-state index contributed by atoms with van der Waals surface area (Å²) in [4.78, 5) is 0. The summed E-state index contributed by atoms with van der Waals surface area (Å²) in [5.41, 5.74) is -2.30. The summed E-state index contributed by atoms with van der Waals surface area (Å²) in [5, 5.41) is 0. The van der Waals surface area contributed by atoms with Crippen molar-refractivity contribution in [3.05, 3.63) is 35.4 Å². The van der Waals surface area contributed by atoms with Crippen LogP contribution >= 0.6 is 0 Å². The summed E-state index contributed by atoms with van der Waals surface area (Å²) in [6.07, 6.45) is -12.2. The first kappa shape index (κ1) is 14.7. The molecule has 0 aliphatic rings. The molecule has 0 atom stereocenters. The van der Waals surface area contributed by atoms with Crippen LogP contribution in [-0.4, -0.2) is 6.18 Å². The fraction of sp³-hybridized carbons (Fsp3) is 0.400. The second kappa shape index (κ2) is 4.40. The van der Waals surface area contributed by atoms with Crippen LogP contribution in [0.15, 0.2) is 24.3 Å². The predicted molar refractivity (Wildman–Crippen MR) is 46.0 cm³/mol. The first-order valence-corrected chi connectivity index (χ1v) is 4.54. The molecule has 8 heteroatoms. The zero-order chi connectivity index (χ0) is 14.2. The summed E-state index contributed by atoms with van der Waals surface area (Å²) >= 11 is 0. The highest BCUT2D eigenvalue weighted by Gasteiger charge is 2.45. The van der Waals surface area contributed by atoms with Gasteiger partial charge in [0.1, 0.15) is 6.42 Å². The molecule has 0 aliphatic carbocycles. The molecule has 0 nitrogen and oxygen atoms in total. The molecule has 18 heavy (non-hydrogen) atoms. The fourth-order valence-electron chi connectivity index (χ4n) is 1.26. The van der Waals surface area contributed by atoms with E-state index in [9.17, 15) is 35.1 Å². The van der Waals surface area contributed by atoms with E-state index >= 15 is 0 Å². The standard InChI is InChI=1S/C10H6F8/c11-8(12,5-9(13,14)15)6-1-3-7(4-2-6)10(16,17)18/h1-4H,5H2. The van der Waals surface area contributed by atoms with Crippen LogP contribution in [0.3, 0.4) is 0 Å². The summed E-state index contributed by atoms with van der Waals surface area (Å²) in [7, 11) is 0.